The third-order valence-corrected chi connectivity index (χ3v) is 6.72. The van der Waals surface area contributed by atoms with E-state index in [0.29, 0.717) is 18.5 Å². The van der Waals surface area contributed by atoms with E-state index in [4.69, 9.17) is 4.74 Å². The molecular formula is C27H26N4O4. The summed E-state index contributed by atoms with van der Waals surface area (Å²) in [6.07, 6.45) is 8.40. The number of esters is 1. The number of hydrogen-bond donors (Lipinski definition) is 1. The van der Waals surface area contributed by atoms with Crippen LogP contribution >= 0.6 is 0 Å². The number of ether oxygens (including phenoxy) is 1. The summed E-state index contributed by atoms with van der Waals surface area (Å²) >= 11 is 0. The minimum atomic E-state index is -0.477. The van der Waals surface area contributed by atoms with Crippen LogP contribution in [0.4, 0.5) is 0 Å². The van der Waals surface area contributed by atoms with Crippen LogP contribution in [-0.4, -0.2) is 46.4 Å². The number of fused-ring (bicyclic) bond motifs is 1. The summed E-state index contributed by atoms with van der Waals surface area (Å²) in [5.74, 6) is -0.893. The van der Waals surface area contributed by atoms with Crippen molar-refractivity contribution in [1.82, 2.24) is 14.9 Å². The highest BCUT2D eigenvalue weighted by Crippen LogP contribution is 2.30. The topological polar surface area (TPSA) is 102 Å². The highest BCUT2D eigenvalue weighted by atomic mass is 16.5. The predicted octanol–water partition coefficient (Wildman–Crippen LogP) is 3.50. The molecule has 4 aromatic rings. The molecule has 35 heavy (non-hydrogen) atoms. The van der Waals surface area contributed by atoms with Gasteiger partial charge in [-0.2, -0.15) is 4.73 Å². The summed E-state index contributed by atoms with van der Waals surface area (Å²) in [7, 11) is 1.39. The Balaban J connectivity index is 1.37. The predicted molar refractivity (Wildman–Crippen MR) is 130 cm³/mol. The first-order valence-corrected chi connectivity index (χ1v) is 11.6. The van der Waals surface area contributed by atoms with Gasteiger partial charge in [-0.05, 0) is 48.2 Å². The van der Waals surface area contributed by atoms with Gasteiger partial charge in [0.15, 0.2) is 12.4 Å². The average molecular weight is 471 g/mol. The van der Waals surface area contributed by atoms with Crippen LogP contribution in [0.2, 0.25) is 0 Å². The second kappa shape index (κ2) is 9.58. The number of carbonyl (C=O) groups is 2. The Kier molecular flexibility index (Phi) is 6.18. The summed E-state index contributed by atoms with van der Waals surface area (Å²) in [5, 5.41) is 12.3. The quantitative estimate of drug-likeness (QED) is 0.264. The van der Waals surface area contributed by atoms with Crippen molar-refractivity contribution in [2.75, 3.05) is 13.7 Å². The first-order chi connectivity index (χ1) is 17.0. The lowest BCUT2D eigenvalue weighted by Gasteiger charge is -2.30. The van der Waals surface area contributed by atoms with Gasteiger partial charge in [0.1, 0.15) is 0 Å². The lowest BCUT2D eigenvalue weighted by Crippen LogP contribution is -2.44. The fourth-order valence-corrected chi connectivity index (χ4v) is 4.95. The second-order valence-electron chi connectivity index (χ2n) is 8.82. The summed E-state index contributed by atoms with van der Waals surface area (Å²) in [5.41, 5.74) is 4.20. The van der Waals surface area contributed by atoms with Gasteiger partial charge in [0.25, 0.3) is 5.91 Å². The van der Waals surface area contributed by atoms with Crippen molar-refractivity contribution in [2.24, 2.45) is 5.92 Å². The monoisotopic (exact) mass is 470 g/mol. The third-order valence-electron chi connectivity index (χ3n) is 6.72. The van der Waals surface area contributed by atoms with Crippen molar-refractivity contribution in [1.29, 1.82) is 0 Å². The summed E-state index contributed by atoms with van der Waals surface area (Å²) in [6, 6.07) is 14.5. The van der Waals surface area contributed by atoms with E-state index in [0.717, 1.165) is 45.3 Å². The molecule has 0 aliphatic carbocycles. The van der Waals surface area contributed by atoms with E-state index in [1.165, 1.54) is 19.5 Å². The molecule has 8 nitrogen and oxygen atoms in total. The zero-order chi connectivity index (χ0) is 24.4. The minimum absolute atomic E-state index is 0.0979. The van der Waals surface area contributed by atoms with Crippen molar-refractivity contribution < 1.29 is 19.1 Å². The molecule has 1 amide bonds. The number of amides is 1. The van der Waals surface area contributed by atoms with Gasteiger partial charge in [-0.15, -0.1) is 0 Å². The molecule has 8 heteroatoms. The largest absolute Gasteiger partial charge is 0.619 e. The van der Waals surface area contributed by atoms with Crippen LogP contribution in [0, 0.1) is 11.1 Å². The standard InChI is InChI=1S/C27H26N4O4/c1-35-27(33)23(16-22-15-21-8-11-28-17-24(21)29-22)25-3-2-12-31(25)26(32)20-6-4-18(5-7-20)19-9-13-30(34)14-10-19/h4-11,13-15,17,23,25,29H,2-3,12,16H2,1H3. The fourth-order valence-electron chi connectivity index (χ4n) is 4.95. The van der Waals surface area contributed by atoms with Gasteiger partial charge in [-0.25, -0.2) is 0 Å². The van der Waals surface area contributed by atoms with Gasteiger partial charge in [0, 0.05) is 54.0 Å². The number of rotatable bonds is 6. The molecule has 3 aromatic heterocycles. The number of carbonyl (C=O) groups excluding carboxylic acids is 2. The number of benzene rings is 1. The van der Waals surface area contributed by atoms with Crippen molar-refractivity contribution >= 4 is 22.8 Å². The molecule has 0 saturated carbocycles. The van der Waals surface area contributed by atoms with Crippen LogP contribution in [0.3, 0.4) is 0 Å². The van der Waals surface area contributed by atoms with E-state index in [1.807, 2.05) is 29.2 Å². The average Bonchev–Trinajstić information content (AvgIpc) is 3.54. The molecule has 4 heterocycles. The minimum Gasteiger partial charge on any atom is -0.619 e. The van der Waals surface area contributed by atoms with Crippen LogP contribution in [0.15, 0.2) is 73.3 Å². The van der Waals surface area contributed by atoms with E-state index in [1.54, 1.807) is 36.7 Å². The third kappa shape index (κ3) is 4.59. The number of nitrogens with zero attached hydrogens (tertiary/aromatic N) is 3. The number of aromatic amines is 1. The van der Waals surface area contributed by atoms with Crippen LogP contribution in [-0.2, 0) is 16.0 Å². The maximum Gasteiger partial charge on any atom is 0.311 e. The second-order valence-corrected chi connectivity index (χ2v) is 8.82. The molecule has 178 valence electrons. The maximum atomic E-state index is 13.5. The lowest BCUT2D eigenvalue weighted by molar-refractivity contribution is -0.605. The van der Waals surface area contributed by atoms with E-state index in [-0.39, 0.29) is 17.9 Å². The van der Waals surface area contributed by atoms with E-state index in [9.17, 15) is 14.8 Å². The van der Waals surface area contributed by atoms with Crippen LogP contribution in [0.1, 0.15) is 28.9 Å². The van der Waals surface area contributed by atoms with Gasteiger partial charge < -0.3 is 19.8 Å². The van der Waals surface area contributed by atoms with E-state index < -0.39 is 5.92 Å². The molecule has 1 fully saturated rings. The Morgan fingerprint density at radius 3 is 2.63 bits per heavy atom. The maximum absolute atomic E-state index is 13.5. The van der Waals surface area contributed by atoms with Gasteiger partial charge in [-0.3, -0.25) is 14.6 Å². The van der Waals surface area contributed by atoms with E-state index >= 15 is 0 Å². The zero-order valence-corrected chi connectivity index (χ0v) is 19.4. The highest BCUT2D eigenvalue weighted by Gasteiger charge is 2.39. The highest BCUT2D eigenvalue weighted by molar-refractivity contribution is 5.95. The van der Waals surface area contributed by atoms with Crippen molar-refractivity contribution in [3.63, 3.8) is 0 Å². The smallest absolute Gasteiger partial charge is 0.311 e. The molecule has 0 radical (unpaired) electrons. The number of nitrogens with one attached hydrogen (secondary N) is 1. The molecule has 1 N–H and O–H groups in total. The zero-order valence-electron chi connectivity index (χ0n) is 19.4. The normalized spacial score (nSPS) is 16.4. The molecule has 1 saturated heterocycles. The Morgan fingerprint density at radius 1 is 1.17 bits per heavy atom. The Bertz CT molecular complexity index is 1310. The number of aromatic nitrogens is 3. The van der Waals surface area contributed by atoms with E-state index in [2.05, 4.69) is 9.97 Å². The first kappa shape index (κ1) is 22.6. The number of pyridine rings is 2. The molecule has 1 aromatic carbocycles. The number of H-pyrrole nitrogens is 1. The molecule has 2 atom stereocenters. The lowest BCUT2D eigenvalue weighted by atomic mass is 9.92. The van der Waals surface area contributed by atoms with Crippen LogP contribution in [0.25, 0.3) is 22.0 Å². The summed E-state index contributed by atoms with van der Waals surface area (Å²) in [4.78, 5) is 35.6. The number of methoxy groups -OCH3 is 1. The molecule has 5 rings (SSSR count). The van der Waals surface area contributed by atoms with Crippen LogP contribution < -0.4 is 4.73 Å². The molecule has 2 unspecified atom stereocenters. The van der Waals surface area contributed by atoms with Gasteiger partial charge >= 0.3 is 5.97 Å². The summed E-state index contributed by atoms with van der Waals surface area (Å²) < 4.78 is 5.89. The van der Waals surface area contributed by atoms with Crippen LogP contribution in [0.5, 0.6) is 0 Å². The van der Waals surface area contributed by atoms with Crippen molar-refractivity contribution in [3.8, 4) is 11.1 Å². The van der Waals surface area contributed by atoms with Crippen molar-refractivity contribution in [2.45, 2.75) is 25.3 Å². The molecule has 1 aliphatic rings. The first-order valence-electron chi connectivity index (χ1n) is 11.6. The van der Waals surface area contributed by atoms with Gasteiger partial charge in [0.05, 0.1) is 24.7 Å². The Hall–Kier alpha value is -4.20. The Morgan fingerprint density at radius 2 is 1.91 bits per heavy atom. The molecule has 0 spiro atoms. The fraction of sp³-hybridized carbons (Fsp3) is 0.259. The van der Waals surface area contributed by atoms with Gasteiger partial charge in [-0.1, -0.05) is 12.1 Å². The van der Waals surface area contributed by atoms with Crippen molar-refractivity contribution in [3.05, 3.63) is 89.8 Å². The molecule has 1 aliphatic heterocycles. The Labute approximate surface area is 202 Å². The summed E-state index contributed by atoms with van der Waals surface area (Å²) in [6.45, 7) is 0.595. The molecule has 0 bridgehead atoms. The molecular weight excluding hydrogens is 444 g/mol. The van der Waals surface area contributed by atoms with Gasteiger partial charge in [0.2, 0.25) is 0 Å². The SMILES string of the molecule is COC(=O)C(Cc1cc2ccncc2[nH]1)C1CCCN1C(=O)c1ccc(-c2cc[n+]([O-])cc2)cc1. The number of hydrogen-bond acceptors (Lipinski definition) is 5. The number of likely N-dealkylation sites (tertiary alicyclic amines) is 1.